The second-order valence-corrected chi connectivity index (χ2v) is 5.19. The second kappa shape index (κ2) is 8.73. The van der Waals surface area contributed by atoms with Gasteiger partial charge in [0, 0.05) is 0 Å². The van der Waals surface area contributed by atoms with Gasteiger partial charge in [0.1, 0.15) is 0 Å². The van der Waals surface area contributed by atoms with Crippen molar-refractivity contribution in [2.45, 2.75) is 71.8 Å². The first kappa shape index (κ1) is 15.6. The van der Waals surface area contributed by atoms with Crippen LogP contribution in [0, 0.1) is 0 Å². The lowest BCUT2D eigenvalue weighted by atomic mass is 9.92. The maximum Gasteiger partial charge on any atom is 0.767 e. The van der Waals surface area contributed by atoms with E-state index in [2.05, 4.69) is 27.7 Å². The fraction of sp³-hybridized carbons (Fsp3) is 1.00. The van der Waals surface area contributed by atoms with Gasteiger partial charge in [-0.05, 0) is 25.7 Å². The molecule has 0 aliphatic carbocycles. The zero-order valence-electron chi connectivity index (χ0n) is 11.2. The molecule has 0 aromatic heterocycles. The predicted octanol–water partition coefficient (Wildman–Crippen LogP) is 3.59. The van der Waals surface area contributed by atoms with Gasteiger partial charge in [-0.15, -0.1) is 0 Å². The standard InChI is InChI=1S/C12H26O3Si/c1-5-9-11-14-16(13)15-12(7-3,8-4)10-6-2/h5-11H2,1-4H3. The minimum absolute atomic E-state index is 0.239. The first-order valence-corrected chi connectivity index (χ1v) is 7.72. The van der Waals surface area contributed by atoms with Crippen LogP contribution >= 0.6 is 0 Å². The van der Waals surface area contributed by atoms with E-state index in [1.807, 2.05) is 0 Å². The summed E-state index contributed by atoms with van der Waals surface area (Å²) in [5, 5.41) is 0. The zero-order valence-corrected chi connectivity index (χ0v) is 12.2. The number of rotatable bonds is 10. The predicted molar refractivity (Wildman–Crippen MR) is 66.6 cm³/mol. The van der Waals surface area contributed by atoms with Crippen molar-refractivity contribution < 1.29 is 13.3 Å². The summed E-state index contributed by atoms with van der Waals surface area (Å²) < 4.78 is 22.5. The molecule has 4 heteroatoms. The van der Waals surface area contributed by atoms with Crippen LogP contribution in [-0.4, -0.2) is 21.4 Å². The van der Waals surface area contributed by atoms with Gasteiger partial charge in [0.05, 0.1) is 12.2 Å². The maximum atomic E-state index is 11.7. The van der Waals surface area contributed by atoms with E-state index in [1.54, 1.807) is 0 Å². The Balaban J connectivity index is 4.11. The molecule has 0 bridgehead atoms. The van der Waals surface area contributed by atoms with Crippen molar-refractivity contribution in [3.05, 3.63) is 0 Å². The molecule has 16 heavy (non-hydrogen) atoms. The topological polar surface area (TPSA) is 35.5 Å². The first-order valence-electron chi connectivity index (χ1n) is 6.49. The van der Waals surface area contributed by atoms with Gasteiger partial charge < -0.3 is 8.85 Å². The lowest BCUT2D eigenvalue weighted by Gasteiger charge is -2.31. The highest BCUT2D eigenvalue weighted by Gasteiger charge is 2.31. The summed E-state index contributed by atoms with van der Waals surface area (Å²) in [5.74, 6) is 0. The smallest absolute Gasteiger partial charge is 0.496 e. The molecule has 0 amide bonds. The molecule has 0 aromatic rings. The van der Waals surface area contributed by atoms with Gasteiger partial charge in [0.25, 0.3) is 0 Å². The summed E-state index contributed by atoms with van der Waals surface area (Å²) >= 11 is 0. The lowest BCUT2D eigenvalue weighted by molar-refractivity contribution is 0.00932. The highest BCUT2D eigenvalue weighted by molar-refractivity contribution is 6.26. The van der Waals surface area contributed by atoms with Crippen molar-refractivity contribution in [1.29, 1.82) is 0 Å². The first-order chi connectivity index (χ1) is 7.64. The van der Waals surface area contributed by atoms with E-state index in [0.717, 1.165) is 38.5 Å². The summed E-state index contributed by atoms with van der Waals surface area (Å²) in [7, 11) is -2.31. The third-order valence-corrected chi connectivity index (χ3v) is 4.05. The molecule has 0 rings (SSSR count). The van der Waals surface area contributed by atoms with Crippen LogP contribution in [0.4, 0.5) is 0 Å². The van der Waals surface area contributed by atoms with Crippen molar-refractivity contribution in [3.8, 4) is 0 Å². The Morgan fingerprint density at radius 3 is 2.12 bits per heavy atom. The molecule has 0 saturated carbocycles. The molecule has 3 nitrogen and oxygen atoms in total. The van der Waals surface area contributed by atoms with Crippen molar-refractivity contribution >= 4 is 9.17 Å². The summed E-state index contributed by atoms with van der Waals surface area (Å²) in [6.45, 7) is 8.92. The Labute approximate surface area is 101 Å². The minimum Gasteiger partial charge on any atom is -0.496 e. The average Bonchev–Trinajstić information content (AvgIpc) is 2.29. The third-order valence-electron chi connectivity index (χ3n) is 3.01. The largest absolute Gasteiger partial charge is 0.767 e. The van der Waals surface area contributed by atoms with E-state index in [-0.39, 0.29) is 5.60 Å². The molecule has 0 atom stereocenters. The summed E-state index contributed by atoms with van der Waals surface area (Å²) in [5.41, 5.74) is -0.239. The Hall–Kier alpha value is -0.383. The third kappa shape index (κ3) is 5.63. The van der Waals surface area contributed by atoms with E-state index in [4.69, 9.17) is 8.85 Å². The summed E-state index contributed by atoms with van der Waals surface area (Å²) in [6, 6.07) is 0. The average molecular weight is 246 g/mol. The fourth-order valence-electron chi connectivity index (χ4n) is 1.76. The van der Waals surface area contributed by atoms with Gasteiger partial charge in [0.15, 0.2) is 0 Å². The quantitative estimate of drug-likeness (QED) is 0.436. The van der Waals surface area contributed by atoms with E-state index in [1.165, 1.54) is 0 Å². The van der Waals surface area contributed by atoms with Crippen molar-refractivity contribution in [1.82, 2.24) is 0 Å². The van der Waals surface area contributed by atoms with Gasteiger partial charge in [-0.2, -0.15) is 0 Å². The molecule has 0 fully saturated rings. The molecule has 0 saturated heterocycles. The van der Waals surface area contributed by atoms with Gasteiger partial charge in [-0.3, -0.25) is 4.46 Å². The zero-order chi connectivity index (χ0) is 12.4. The van der Waals surface area contributed by atoms with E-state index < -0.39 is 9.17 Å². The number of hydrogen-bond donors (Lipinski definition) is 0. The highest BCUT2D eigenvalue weighted by atomic mass is 28.3. The van der Waals surface area contributed by atoms with Gasteiger partial charge in [-0.25, -0.2) is 0 Å². The SMILES string of the molecule is CCCCO[Si](=O)OC(CC)(CC)CCC. The molecule has 0 radical (unpaired) electrons. The minimum atomic E-state index is -2.31. The molecular weight excluding hydrogens is 220 g/mol. The molecule has 0 aliphatic heterocycles. The Kier molecular flexibility index (Phi) is 8.52. The summed E-state index contributed by atoms with van der Waals surface area (Å²) in [6.07, 6.45) is 5.78. The van der Waals surface area contributed by atoms with E-state index >= 15 is 0 Å². The van der Waals surface area contributed by atoms with Crippen LogP contribution in [0.5, 0.6) is 0 Å². The van der Waals surface area contributed by atoms with Crippen molar-refractivity contribution in [2.24, 2.45) is 0 Å². The second-order valence-electron chi connectivity index (χ2n) is 4.19. The Morgan fingerprint density at radius 2 is 1.69 bits per heavy atom. The van der Waals surface area contributed by atoms with E-state index in [0.29, 0.717) is 6.61 Å². The maximum absolute atomic E-state index is 11.7. The normalized spacial score (nSPS) is 11.2. The number of unbranched alkanes of at least 4 members (excludes halogenated alkanes) is 1. The van der Waals surface area contributed by atoms with Gasteiger partial charge in [0.2, 0.25) is 0 Å². The Morgan fingerprint density at radius 1 is 1.06 bits per heavy atom. The lowest BCUT2D eigenvalue weighted by Crippen LogP contribution is -2.35. The molecule has 0 aromatic carbocycles. The molecule has 0 unspecified atom stereocenters. The van der Waals surface area contributed by atoms with Crippen LogP contribution in [0.15, 0.2) is 0 Å². The van der Waals surface area contributed by atoms with Gasteiger partial charge in [-0.1, -0.05) is 40.5 Å². The molecule has 0 heterocycles. The monoisotopic (exact) mass is 246 g/mol. The van der Waals surface area contributed by atoms with Crippen molar-refractivity contribution in [2.75, 3.05) is 6.61 Å². The van der Waals surface area contributed by atoms with Crippen LogP contribution in [0.3, 0.4) is 0 Å². The molecule has 0 spiro atoms. The molecule has 0 aliphatic rings. The van der Waals surface area contributed by atoms with Crippen LogP contribution < -0.4 is 0 Å². The molecule has 96 valence electrons. The summed E-state index contributed by atoms with van der Waals surface area (Å²) in [4.78, 5) is 0. The molecular formula is C12H26O3Si. The number of hydrogen-bond acceptors (Lipinski definition) is 3. The highest BCUT2D eigenvalue weighted by Crippen LogP contribution is 2.26. The Bertz CT molecular complexity index is 191. The fourth-order valence-corrected chi connectivity index (χ4v) is 2.87. The van der Waals surface area contributed by atoms with Crippen LogP contribution in [0.1, 0.15) is 66.2 Å². The van der Waals surface area contributed by atoms with Crippen LogP contribution in [-0.2, 0) is 13.3 Å². The molecule has 0 N–H and O–H groups in total. The van der Waals surface area contributed by atoms with Crippen LogP contribution in [0.25, 0.3) is 0 Å². The van der Waals surface area contributed by atoms with Crippen LogP contribution in [0.2, 0.25) is 0 Å². The van der Waals surface area contributed by atoms with Gasteiger partial charge >= 0.3 is 9.17 Å². The van der Waals surface area contributed by atoms with E-state index in [9.17, 15) is 4.46 Å². The van der Waals surface area contributed by atoms with Crippen molar-refractivity contribution in [3.63, 3.8) is 0 Å².